The van der Waals surface area contributed by atoms with Crippen LogP contribution in [0, 0.1) is 0 Å². The molecule has 0 fully saturated rings. The zero-order chi connectivity index (χ0) is 14.2. The van der Waals surface area contributed by atoms with Gasteiger partial charge in [0.15, 0.2) is 0 Å². The van der Waals surface area contributed by atoms with Crippen molar-refractivity contribution in [2.75, 3.05) is 27.4 Å². The van der Waals surface area contributed by atoms with Crippen LogP contribution >= 0.6 is 0 Å². The van der Waals surface area contributed by atoms with E-state index in [0.29, 0.717) is 19.6 Å². The Morgan fingerprint density at radius 3 is 2.28 bits per heavy atom. The lowest BCUT2D eigenvalue weighted by Crippen LogP contribution is -2.54. The van der Waals surface area contributed by atoms with Gasteiger partial charge in [0.05, 0.1) is 26.4 Å². The summed E-state index contributed by atoms with van der Waals surface area (Å²) in [6.07, 6.45) is 0.511. The smallest absolute Gasteiger partial charge is 0.325 e. The highest BCUT2D eigenvalue weighted by molar-refractivity contribution is 5.80. The Hall–Kier alpha value is -0.650. The molecule has 0 radical (unpaired) electrons. The summed E-state index contributed by atoms with van der Waals surface area (Å²) in [5.74, 6) is -0.265. The van der Waals surface area contributed by atoms with Crippen molar-refractivity contribution in [1.82, 2.24) is 5.32 Å². The third kappa shape index (κ3) is 6.33. The fourth-order valence-electron chi connectivity index (χ4n) is 2.03. The number of esters is 1. The van der Waals surface area contributed by atoms with Crippen LogP contribution in [-0.2, 0) is 19.0 Å². The Morgan fingerprint density at radius 1 is 1.22 bits per heavy atom. The Bertz CT molecular complexity index is 245. The maximum absolute atomic E-state index is 11.9. The highest BCUT2D eigenvalue weighted by Crippen LogP contribution is 2.17. The largest absolute Gasteiger partial charge is 0.468 e. The van der Waals surface area contributed by atoms with Crippen molar-refractivity contribution in [3.05, 3.63) is 0 Å². The van der Waals surface area contributed by atoms with Crippen LogP contribution in [0.1, 0.15) is 34.1 Å². The van der Waals surface area contributed by atoms with E-state index in [-0.39, 0.29) is 18.1 Å². The molecule has 0 aliphatic carbocycles. The van der Waals surface area contributed by atoms with Crippen LogP contribution in [0.5, 0.6) is 0 Å². The van der Waals surface area contributed by atoms with Gasteiger partial charge in [-0.15, -0.1) is 0 Å². The summed E-state index contributed by atoms with van der Waals surface area (Å²) in [5.41, 5.74) is -0.727. The van der Waals surface area contributed by atoms with Gasteiger partial charge in [0.2, 0.25) is 0 Å². The number of hydrogen-bond acceptors (Lipinski definition) is 5. The van der Waals surface area contributed by atoms with Gasteiger partial charge in [0.1, 0.15) is 5.54 Å². The molecule has 18 heavy (non-hydrogen) atoms. The fraction of sp³-hybridized carbons (Fsp3) is 0.923. The van der Waals surface area contributed by atoms with Gasteiger partial charge in [-0.05, 0) is 27.7 Å². The molecule has 0 aliphatic rings. The monoisotopic (exact) mass is 261 g/mol. The van der Waals surface area contributed by atoms with Gasteiger partial charge in [0.25, 0.3) is 0 Å². The van der Waals surface area contributed by atoms with E-state index in [9.17, 15) is 4.79 Å². The van der Waals surface area contributed by atoms with Crippen molar-refractivity contribution >= 4 is 5.97 Å². The van der Waals surface area contributed by atoms with Gasteiger partial charge in [-0.3, -0.25) is 10.1 Å². The molecule has 0 aliphatic heterocycles. The zero-order valence-corrected chi connectivity index (χ0v) is 12.4. The molecule has 0 aromatic heterocycles. The van der Waals surface area contributed by atoms with E-state index in [1.165, 1.54) is 7.11 Å². The molecular weight excluding hydrogens is 234 g/mol. The average Bonchev–Trinajstić information content (AvgIpc) is 2.26. The maximum atomic E-state index is 11.9. The summed E-state index contributed by atoms with van der Waals surface area (Å²) in [7, 11) is 3.03. The number of nitrogens with one attached hydrogen (secondary N) is 1. The van der Waals surface area contributed by atoms with E-state index < -0.39 is 5.54 Å². The molecule has 0 rings (SSSR count). The lowest BCUT2D eigenvalue weighted by molar-refractivity contribution is -0.150. The third-order valence-corrected chi connectivity index (χ3v) is 2.63. The summed E-state index contributed by atoms with van der Waals surface area (Å²) >= 11 is 0. The lowest BCUT2D eigenvalue weighted by atomic mass is 9.94. The molecule has 0 bridgehead atoms. The summed E-state index contributed by atoms with van der Waals surface area (Å²) in [6, 6.07) is 0.195. The van der Waals surface area contributed by atoms with Crippen molar-refractivity contribution in [3.8, 4) is 0 Å². The van der Waals surface area contributed by atoms with E-state index in [1.54, 1.807) is 7.11 Å². The number of rotatable bonds is 9. The van der Waals surface area contributed by atoms with Gasteiger partial charge in [0, 0.05) is 19.6 Å². The average molecular weight is 261 g/mol. The fourth-order valence-corrected chi connectivity index (χ4v) is 2.03. The van der Waals surface area contributed by atoms with Crippen LogP contribution in [0.2, 0.25) is 0 Å². The molecule has 0 saturated heterocycles. The lowest BCUT2D eigenvalue weighted by Gasteiger charge is -2.32. The summed E-state index contributed by atoms with van der Waals surface area (Å²) in [6.45, 7) is 8.86. The standard InChI is InChI=1S/C13H27NO4/c1-10(2)14-13(4,12(15)17-6)9-11(3)18-8-7-16-5/h10-11,14H,7-9H2,1-6H3. The number of carbonyl (C=O) groups is 1. The van der Waals surface area contributed by atoms with Crippen molar-refractivity contribution in [3.63, 3.8) is 0 Å². The molecule has 0 aromatic rings. The van der Waals surface area contributed by atoms with Gasteiger partial charge < -0.3 is 14.2 Å². The second kappa shape index (κ2) is 8.45. The first-order valence-electron chi connectivity index (χ1n) is 6.32. The van der Waals surface area contributed by atoms with Crippen LogP contribution in [0.4, 0.5) is 0 Å². The Morgan fingerprint density at radius 2 is 1.83 bits per heavy atom. The van der Waals surface area contributed by atoms with Crippen LogP contribution in [0.3, 0.4) is 0 Å². The number of hydrogen-bond donors (Lipinski definition) is 1. The number of carbonyl (C=O) groups excluding carboxylic acids is 1. The first-order valence-corrected chi connectivity index (χ1v) is 6.32. The van der Waals surface area contributed by atoms with Crippen LogP contribution in [0.15, 0.2) is 0 Å². The van der Waals surface area contributed by atoms with E-state index in [2.05, 4.69) is 5.32 Å². The Balaban J connectivity index is 4.44. The van der Waals surface area contributed by atoms with Gasteiger partial charge in [-0.25, -0.2) is 0 Å². The summed E-state index contributed by atoms with van der Waals surface area (Å²) in [4.78, 5) is 11.9. The van der Waals surface area contributed by atoms with Gasteiger partial charge in [-0.2, -0.15) is 0 Å². The number of ether oxygens (including phenoxy) is 3. The first-order chi connectivity index (χ1) is 8.35. The highest BCUT2D eigenvalue weighted by Gasteiger charge is 2.36. The quantitative estimate of drug-likeness (QED) is 0.501. The second-order valence-corrected chi connectivity index (χ2v) is 5.00. The molecule has 1 N–H and O–H groups in total. The maximum Gasteiger partial charge on any atom is 0.325 e. The molecule has 108 valence electrons. The van der Waals surface area contributed by atoms with Gasteiger partial charge >= 0.3 is 5.97 Å². The molecule has 0 spiro atoms. The Labute approximate surface area is 110 Å². The minimum absolute atomic E-state index is 0.0458. The third-order valence-electron chi connectivity index (χ3n) is 2.63. The van der Waals surface area contributed by atoms with Crippen molar-refractivity contribution in [1.29, 1.82) is 0 Å². The normalized spacial score (nSPS) is 16.4. The molecular formula is C13H27NO4. The van der Waals surface area contributed by atoms with Crippen LogP contribution in [-0.4, -0.2) is 51.1 Å². The highest BCUT2D eigenvalue weighted by atomic mass is 16.5. The topological polar surface area (TPSA) is 56.8 Å². The zero-order valence-electron chi connectivity index (χ0n) is 12.4. The van der Waals surface area contributed by atoms with Crippen molar-refractivity contribution in [2.45, 2.75) is 51.8 Å². The predicted molar refractivity (Wildman–Crippen MR) is 70.6 cm³/mol. The van der Waals surface area contributed by atoms with Gasteiger partial charge in [-0.1, -0.05) is 0 Å². The van der Waals surface area contributed by atoms with Crippen LogP contribution in [0.25, 0.3) is 0 Å². The molecule has 0 amide bonds. The number of methoxy groups -OCH3 is 2. The summed E-state index contributed by atoms with van der Waals surface area (Å²) in [5, 5.41) is 3.24. The van der Waals surface area contributed by atoms with E-state index in [4.69, 9.17) is 14.2 Å². The molecule has 5 nitrogen and oxygen atoms in total. The van der Waals surface area contributed by atoms with E-state index >= 15 is 0 Å². The second-order valence-electron chi connectivity index (χ2n) is 5.00. The molecule has 0 aromatic carbocycles. The van der Waals surface area contributed by atoms with Crippen LogP contribution < -0.4 is 5.32 Å². The molecule has 5 heteroatoms. The predicted octanol–water partition coefficient (Wildman–Crippen LogP) is 1.36. The molecule has 0 heterocycles. The van der Waals surface area contributed by atoms with Crippen molar-refractivity contribution in [2.24, 2.45) is 0 Å². The van der Waals surface area contributed by atoms with E-state index in [1.807, 2.05) is 27.7 Å². The SMILES string of the molecule is COCCOC(C)CC(C)(NC(C)C)C(=O)OC. The molecule has 2 unspecified atom stereocenters. The minimum atomic E-state index is -0.727. The minimum Gasteiger partial charge on any atom is -0.468 e. The molecule has 0 saturated carbocycles. The summed E-state index contributed by atoms with van der Waals surface area (Å²) < 4.78 is 15.4. The van der Waals surface area contributed by atoms with E-state index in [0.717, 1.165) is 0 Å². The Kier molecular flexibility index (Phi) is 8.15. The first kappa shape index (κ1) is 17.4. The molecule has 2 atom stereocenters. The van der Waals surface area contributed by atoms with Crippen molar-refractivity contribution < 1.29 is 19.0 Å².